The molecule has 39 heavy (non-hydrogen) atoms. The molecule has 8 heteroatoms. The van der Waals surface area contributed by atoms with Crippen molar-refractivity contribution in [3.63, 3.8) is 0 Å². The molecule has 0 radical (unpaired) electrons. The number of carbonyl (C=O) groups excluding carboxylic acids is 1. The van der Waals surface area contributed by atoms with Crippen LogP contribution in [-0.2, 0) is 11.8 Å². The van der Waals surface area contributed by atoms with Crippen LogP contribution in [0.1, 0.15) is 33.2 Å². The van der Waals surface area contributed by atoms with Gasteiger partial charge in [-0.05, 0) is 51.0 Å². The molecule has 1 aliphatic heterocycles. The number of rotatable bonds is 3. The minimum absolute atomic E-state index is 0.116. The molecule has 2 aromatic carbocycles. The normalized spacial score (nSPS) is 15.8. The number of nitrogens with zero attached hydrogens (tertiary/aromatic N) is 5. The first-order chi connectivity index (χ1) is 18.7. The van der Waals surface area contributed by atoms with E-state index in [-0.39, 0.29) is 17.8 Å². The Morgan fingerprint density at radius 3 is 2.44 bits per heavy atom. The molecule has 8 nitrogen and oxygen atoms in total. The zero-order valence-corrected chi connectivity index (χ0v) is 22.6. The Balaban J connectivity index is 1.40. The summed E-state index contributed by atoms with van der Waals surface area (Å²) in [5.41, 5.74) is 5.67. The Morgan fingerprint density at radius 2 is 1.72 bits per heavy atom. The van der Waals surface area contributed by atoms with E-state index in [1.165, 1.54) is 0 Å². The van der Waals surface area contributed by atoms with Gasteiger partial charge in [0.15, 0.2) is 0 Å². The number of carbonyl (C=O) groups is 1. The number of pyridine rings is 2. The van der Waals surface area contributed by atoms with Crippen LogP contribution < -0.4 is 5.69 Å². The Morgan fingerprint density at radius 1 is 0.949 bits per heavy atom. The van der Waals surface area contributed by atoms with Gasteiger partial charge in [-0.2, -0.15) is 0 Å². The van der Waals surface area contributed by atoms with E-state index in [9.17, 15) is 9.59 Å². The molecular formula is C31H31N5O3. The van der Waals surface area contributed by atoms with Crippen molar-refractivity contribution in [2.24, 2.45) is 7.05 Å². The number of aryl methyl sites for hydroxylation is 1. The lowest BCUT2D eigenvalue weighted by atomic mass is 10.0. The second-order valence-electron chi connectivity index (χ2n) is 11.1. The fourth-order valence-corrected chi connectivity index (χ4v) is 5.33. The first-order valence-corrected chi connectivity index (χ1v) is 13.2. The molecule has 3 aromatic heterocycles. The third-order valence-corrected chi connectivity index (χ3v) is 7.26. The molecule has 6 rings (SSSR count). The van der Waals surface area contributed by atoms with Gasteiger partial charge in [-0.3, -0.25) is 19.1 Å². The summed E-state index contributed by atoms with van der Waals surface area (Å²) in [5.74, 6) is 0. The van der Waals surface area contributed by atoms with Gasteiger partial charge in [-0.25, -0.2) is 9.59 Å². The standard InChI is InChI=1S/C31H31N5O3/c1-31(2,3)39-30(38)35-15-14-23(19-35)36-28-24-16-21(10-13-26(24)33-18-27(28)34(4)29(36)37)22-11-12-25(32-17-22)20-8-6-5-7-9-20/h5-13,16-18,23H,14-15,19H2,1-4H3. The molecule has 1 fully saturated rings. The quantitative estimate of drug-likeness (QED) is 0.300. The fourth-order valence-electron chi connectivity index (χ4n) is 5.33. The molecular weight excluding hydrogens is 490 g/mol. The van der Waals surface area contributed by atoms with E-state index in [4.69, 9.17) is 9.72 Å². The highest BCUT2D eigenvalue weighted by Crippen LogP contribution is 2.32. The highest BCUT2D eigenvalue weighted by Gasteiger charge is 2.33. The van der Waals surface area contributed by atoms with Crippen LogP contribution in [0.15, 0.2) is 77.9 Å². The van der Waals surface area contributed by atoms with E-state index in [1.807, 2.05) is 80.1 Å². The summed E-state index contributed by atoms with van der Waals surface area (Å²) in [6, 6.07) is 20.1. The van der Waals surface area contributed by atoms with Crippen LogP contribution in [0.3, 0.4) is 0 Å². The van der Waals surface area contributed by atoms with Gasteiger partial charge in [-0.1, -0.05) is 42.5 Å². The second kappa shape index (κ2) is 9.38. The number of fused-ring (bicyclic) bond motifs is 3. The van der Waals surface area contributed by atoms with Crippen molar-refractivity contribution in [2.75, 3.05) is 13.1 Å². The first kappa shape index (κ1) is 24.9. The molecule has 0 bridgehead atoms. The zero-order chi connectivity index (χ0) is 27.3. The number of likely N-dealkylation sites (tertiary alicyclic amines) is 1. The zero-order valence-electron chi connectivity index (χ0n) is 22.6. The van der Waals surface area contributed by atoms with Crippen LogP contribution in [-0.4, -0.2) is 48.8 Å². The minimum Gasteiger partial charge on any atom is -0.444 e. The number of amides is 1. The number of benzene rings is 2. The van der Waals surface area contributed by atoms with E-state index in [2.05, 4.69) is 17.1 Å². The van der Waals surface area contributed by atoms with Crippen LogP contribution >= 0.6 is 0 Å². The van der Waals surface area contributed by atoms with Crippen LogP contribution in [0.25, 0.3) is 44.3 Å². The third kappa shape index (κ3) is 4.56. The molecule has 4 heterocycles. The SMILES string of the molecule is Cn1c(=O)n(C2CCN(C(=O)OC(C)(C)C)C2)c2c3cc(-c4ccc(-c5ccccc5)nc4)ccc3ncc21. The summed E-state index contributed by atoms with van der Waals surface area (Å²) in [6.45, 7) is 6.53. The number of aromatic nitrogens is 4. The lowest BCUT2D eigenvalue weighted by Gasteiger charge is -2.24. The van der Waals surface area contributed by atoms with Crippen molar-refractivity contribution in [1.82, 2.24) is 24.0 Å². The number of ether oxygens (including phenoxy) is 1. The molecule has 1 aliphatic rings. The molecule has 0 aliphatic carbocycles. The van der Waals surface area contributed by atoms with E-state index in [0.29, 0.717) is 19.5 Å². The summed E-state index contributed by atoms with van der Waals surface area (Å²) in [7, 11) is 1.77. The second-order valence-corrected chi connectivity index (χ2v) is 11.1. The van der Waals surface area contributed by atoms with Crippen LogP contribution in [0.4, 0.5) is 4.79 Å². The first-order valence-electron chi connectivity index (χ1n) is 13.2. The highest BCUT2D eigenvalue weighted by atomic mass is 16.6. The van der Waals surface area contributed by atoms with Crippen LogP contribution in [0, 0.1) is 0 Å². The van der Waals surface area contributed by atoms with Gasteiger partial charge in [0, 0.05) is 42.8 Å². The Hall–Kier alpha value is -4.46. The maximum atomic E-state index is 13.5. The predicted molar refractivity (Wildman–Crippen MR) is 153 cm³/mol. The number of hydrogen-bond acceptors (Lipinski definition) is 5. The summed E-state index contributed by atoms with van der Waals surface area (Å²) in [6.07, 6.45) is 3.96. The van der Waals surface area contributed by atoms with Crippen LogP contribution in [0.2, 0.25) is 0 Å². The predicted octanol–water partition coefficient (Wildman–Crippen LogP) is 5.80. The van der Waals surface area contributed by atoms with Gasteiger partial charge < -0.3 is 9.64 Å². The number of imidazole rings is 1. The maximum Gasteiger partial charge on any atom is 0.410 e. The fraction of sp³-hybridized carbons (Fsp3) is 0.290. The molecule has 1 unspecified atom stereocenters. The highest BCUT2D eigenvalue weighted by molar-refractivity contribution is 6.04. The van der Waals surface area contributed by atoms with Gasteiger partial charge >= 0.3 is 11.8 Å². The largest absolute Gasteiger partial charge is 0.444 e. The smallest absolute Gasteiger partial charge is 0.410 e. The van der Waals surface area contributed by atoms with Gasteiger partial charge in [0.05, 0.1) is 34.5 Å². The van der Waals surface area contributed by atoms with E-state index < -0.39 is 5.60 Å². The van der Waals surface area contributed by atoms with Gasteiger partial charge in [0.25, 0.3) is 0 Å². The molecule has 1 amide bonds. The van der Waals surface area contributed by atoms with Gasteiger partial charge in [0.1, 0.15) is 5.60 Å². The monoisotopic (exact) mass is 521 g/mol. The van der Waals surface area contributed by atoms with Crippen molar-refractivity contribution in [1.29, 1.82) is 0 Å². The van der Waals surface area contributed by atoms with E-state index >= 15 is 0 Å². The summed E-state index contributed by atoms with van der Waals surface area (Å²) in [5, 5.41) is 0.894. The lowest BCUT2D eigenvalue weighted by molar-refractivity contribution is 0.0289. The summed E-state index contributed by atoms with van der Waals surface area (Å²) < 4.78 is 9.06. The Kier molecular flexibility index (Phi) is 5.98. The van der Waals surface area contributed by atoms with Crippen molar-refractivity contribution < 1.29 is 9.53 Å². The topological polar surface area (TPSA) is 82.2 Å². The van der Waals surface area contributed by atoms with Crippen molar-refractivity contribution in [2.45, 2.75) is 38.8 Å². The third-order valence-electron chi connectivity index (χ3n) is 7.26. The average molecular weight is 522 g/mol. The Labute approximate surface area is 226 Å². The van der Waals surface area contributed by atoms with Crippen molar-refractivity contribution in [3.8, 4) is 22.4 Å². The van der Waals surface area contributed by atoms with E-state index in [0.717, 1.165) is 44.3 Å². The van der Waals surface area contributed by atoms with Crippen LogP contribution in [0.5, 0.6) is 0 Å². The molecule has 1 atom stereocenters. The van der Waals surface area contributed by atoms with Gasteiger partial charge in [-0.15, -0.1) is 0 Å². The van der Waals surface area contributed by atoms with Crippen molar-refractivity contribution >= 4 is 28.0 Å². The minimum atomic E-state index is -0.572. The molecule has 0 saturated carbocycles. The molecule has 198 valence electrons. The lowest BCUT2D eigenvalue weighted by Crippen LogP contribution is -2.36. The van der Waals surface area contributed by atoms with Gasteiger partial charge in [0.2, 0.25) is 0 Å². The number of hydrogen-bond donors (Lipinski definition) is 0. The summed E-state index contributed by atoms with van der Waals surface area (Å²) >= 11 is 0. The molecule has 5 aromatic rings. The van der Waals surface area contributed by atoms with E-state index in [1.54, 1.807) is 22.7 Å². The molecule has 0 N–H and O–H groups in total. The summed E-state index contributed by atoms with van der Waals surface area (Å²) in [4.78, 5) is 37.3. The Bertz CT molecular complexity index is 1750. The van der Waals surface area contributed by atoms with Crippen molar-refractivity contribution in [3.05, 3.63) is 83.5 Å². The molecule has 1 saturated heterocycles. The maximum absolute atomic E-state index is 13.5. The average Bonchev–Trinajstić information content (AvgIpc) is 3.51. The molecule has 0 spiro atoms.